The molecule has 7 heteroatoms. The van der Waals surface area contributed by atoms with Crippen LogP contribution in [-0.2, 0) is 10.0 Å². The average molecular weight is 377 g/mol. The van der Waals surface area contributed by atoms with Crippen molar-refractivity contribution in [3.05, 3.63) is 22.7 Å². The quantitative estimate of drug-likeness (QED) is 0.772. The van der Waals surface area contributed by atoms with Crippen molar-refractivity contribution >= 4 is 31.6 Å². The number of hydrogen-bond donors (Lipinski definition) is 2. The van der Waals surface area contributed by atoms with Crippen molar-refractivity contribution in [2.24, 2.45) is 0 Å². The Labute approximate surface area is 134 Å². The van der Waals surface area contributed by atoms with Crippen LogP contribution < -0.4 is 5.73 Å². The topological polar surface area (TPSA) is 83.6 Å². The number of nitrogens with zero attached hydrogens (tertiary/aromatic N) is 1. The van der Waals surface area contributed by atoms with E-state index in [-0.39, 0.29) is 24.1 Å². The number of hydrogen-bond acceptors (Lipinski definition) is 4. The maximum atomic E-state index is 12.9. The monoisotopic (exact) mass is 376 g/mol. The van der Waals surface area contributed by atoms with Crippen LogP contribution in [0.2, 0.25) is 0 Å². The molecule has 0 saturated heterocycles. The van der Waals surface area contributed by atoms with Crippen LogP contribution >= 0.6 is 15.9 Å². The molecule has 2 rings (SSSR count). The molecule has 0 aromatic heterocycles. The average Bonchev–Trinajstić information content (AvgIpc) is 2.45. The lowest BCUT2D eigenvalue weighted by molar-refractivity contribution is 0.199. The van der Waals surface area contributed by atoms with E-state index in [0.29, 0.717) is 10.2 Å². The van der Waals surface area contributed by atoms with Crippen molar-refractivity contribution in [3.63, 3.8) is 0 Å². The second-order valence-corrected chi connectivity index (χ2v) is 8.03. The summed E-state index contributed by atoms with van der Waals surface area (Å²) < 4.78 is 27.7. The highest BCUT2D eigenvalue weighted by Gasteiger charge is 2.33. The van der Waals surface area contributed by atoms with E-state index >= 15 is 0 Å². The first kappa shape index (κ1) is 16.7. The molecule has 3 N–H and O–H groups in total. The number of benzene rings is 1. The lowest BCUT2D eigenvalue weighted by Crippen LogP contribution is -2.43. The Kier molecular flexibility index (Phi) is 5.65. The molecule has 5 nitrogen and oxygen atoms in total. The number of aliphatic hydroxyl groups is 1. The third-order valence-electron chi connectivity index (χ3n) is 3.84. The zero-order chi connectivity index (χ0) is 15.5. The number of nitrogen functional groups attached to an aromatic ring is 1. The van der Waals surface area contributed by atoms with Gasteiger partial charge in [0.2, 0.25) is 10.0 Å². The third kappa shape index (κ3) is 3.77. The summed E-state index contributed by atoms with van der Waals surface area (Å²) in [7, 11) is -3.64. The van der Waals surface area contributed by atoms with Gasteiger partial charge < -0.3 is 10.8 Å². The molecule has 1 fully saturated rings. The van der Waals surface area contributed by atoms with Gasteiger partial charge >= 0.3 is 0 Å². The molecular formula is C14H21BrN2O3S. The number of anilines is 1. The summed E-state index contributed by atoms with van der Waals surface area (Å²) in [6, 6.07) is 4.66. The summed E-state index contributed by atoms with van der Waals surface area (Å²) in [5.74, 6) is 0. The Bertz CT molecular complexity index is 586. The summed E-state index contributed by atoms with van der Waals surface area (Å²) in [4.78, 5) is 0.204. The molecule has 21 heavy (non-hydrogen) atoms. The molecule has 1 saturated carbocycles. The molecule has 0 spiro atoms. The number of rotatable bonds is 5. The second kappa shape index (κ2) is 7.09. The normalized spacial score (nSPS) is 17.3. The molecule has 118 valence electrons. The van der Waals surface area contributed by atoms with E-state index in [4.69, 9.17) is 5.73 Å². The first-order chi connectivity index (χ1) is 9.96. The predicted molar refractivity (Wildman–Crippen MR) is 86.4 cm³/mol. The number of nitrogens with two attached hydrogens (primary N) is 1. The minimum absolute atomic E-state index is 0.0275. The van der Waals surface area contributed by atoms with Crippen LogP contribution in [0.1, 0.15) is 32.1 Å². The van der Waals surface area contributed by atoms with Crippen molar-refractivity contribution in [1.29, 1.82) is 0 Å². The Hall–Kier alpha value is -0.630. The Morgan fingerprint density at radius 3 is 2.52 bits per heavy atom. The van der Waals surface area contributed by atoms with Crippen LogP contribution in [0, 0.1) is 0 Å². The maximum Gasteiger partial charge on any atom is 0.244 e. The van der Waals surface area contributed by atoms with Crippen LogP contribution in [0.25, 0.3) is 0 Å². The van der Waals surface area contributed by atoms with E-state index < -0.39 is 10.0 Å². The molecule has 0 heterocycles. The van der Waals surface area contributed by atoms with Gasteiger partial charge in [0.25, 0.3) is 0 Å². The largest absolute Gasteiger partial charge is 0.399 e. The molecule has 0 unspecified atom stereocenters. The SMILES string of the molecule is Nc1ccc(S(=O)(=O)N(CCO)C2CCCCC2)c(Br)c1. The molecule has 0 radical (unpaired) electrons. The number of aliphatic hydroxyl groups excluding tert-OH is 1. The molecule has 0 aliphatic heterocycles. The zero-order valence-electron chi connectivity index (χ0n) is 11.8. The number of halogens is 1. The lowest BCUT2D eigenvalue weighted by atomic mass is 9.95. The van der Waals surface area contributed by atoms with Gasteiger partial charge in [-0.2, -0.15) is 4.31 Å². The fourth-order valence-corrected chi connectivity index (χ4v) is 5.55. The van der Waals surface area contributed by atoms with Crippen LogP contribution in [0.4, 0.5) is 5.69 Å². The maximum absolute atomic E-state index is 12.9. The Morgan fingerprint density at radius 2 is 1.95 bits per heavy atom. The Morgan fingerprint density at radius 1 is 1.29 bits per heavy atom. The van der Waals surface area contributed by atoms with Crippen LogP contribution in [0.15, 0.2) is 27.6 Å². The third-order valence-corrected chi connectivity index (χ3v) is 6.77. The van der Waals surface area contributed by atoms with Gasteiger partial charge in [-0.15, -0.1) is 0 Å². The van der Waals surface area contributed by atoms with E-state index in [0.717, 1.165) is 32.1 Å². The molecule has 1 aromatic rings. The van der Waals surface area contributed by atoms with E-state index in [1.807, 2.05) is 0 Å². The molecule has 1 aromatic carbocycles. The summed E-state index contributed by atoms with van der Waals surface area (Å²) in [6.45, 7) is -0.0495. The molecular weight excluding hydrogens is 356 g/mol. The van der Waals surface area contributed by atoms with Crippen molar-refractivity contribution in [3.8, 4) is 0 Å². The van der Waals surface area contributed by atoms with Crippen LogP contribution in [0.3, 0.4) is 0 Å². The summed E-state index contributed by atoms with van der Waals surface area (Å²) >= 11 is 3.28. The smallest absolute Gasteiger partial charge is 0.244 e. The molecule has 1 aliphatic carbocycles. The van der Waals surface area contributed by atoms with Gasteiger partial charge in [-0.25, -0.2) is 8.42 Å². The molecule has 0 amide bonds. The highest BCUT2D eigenvalue weighted by molar-refractivity contribution is 9.10. The van der Waals surface area contributed by atoms with Gasteiger partial charge in [0.1, 0.15) is 0 Å². The first-order valence-corrected chi connectivity index (χ1v) is 9.38. The van der Waals surface area contributed by atoms with Gasteiger partial charge in [0.15, 0.2) is 0 Å². The lowest BCUT2D eigenvalue weighted by Gasteiger charge is -2.33. The second-order valence-electron chi connectivity index (χ2n) is 5.32. The standard InChI is InChI=1S/C14H21BrN2O3S/c15-13-10-11(16)6-7-14(13)21(19,20)17(8-9-18)12-4-2-1-3-5-12/h6-7,10,12,18H,1-5,8-9,16H2. The van der Waals surface area contributed by atoms with Gasteiger partial charge in [0, 0.05) is 22.7 Å². The van der Waals surface area contributed by atoms with Gasteiger partial charge in [-0.05, 0) is 47.0 Å². The zero-order valence-corrected chi connectivity index (χ0v) is 14.2. The van der Waals surface area contributed by atoms with Gasteiger partial charge in [-0.1, -0.05) is 19.3 Å². The van der Waals surface area contributed by atoms with E-state index in [2.05, 4.69) is 15.9 Å². The highest BCUT2D eigenvalue weighted by Crippen LogP contribution is 2.31. The predicted octanol–water partition coefficient (Wildman–Crippen LogP) is 2.35. The molecule has 1 aliphatic rings. The van der Waals surface area contributed by atoms with Crippen LogP contribution in [-0.4, -0.2) is 37.0 Å². The minimum atomic E-state index is -3.64. The van der Waals surface area contributed by atoms with Crippen molar-refractivity contribution in [2.75, 3.05) is 18.9 Å². The van der Waals surface area contributed by atoms with E-state index in [1.54, 1.807) is 12.1 Å². The summed E-state index contributed by atoms with van der Waals surface area (Å²) in [5.41, 5.74) is 6.18. The first-order valence-electron chi connectivity index (χ1n) is 7.14. The van der Waals surface area contributed by atoms with E-state index in [1.165, 1.54) is 10.4 Å². The minimum Gasteiger partial charge on any atom is -0.399 e. The fraction of sp³-hybridized carbons (Fsp3) is 0.571. The number of sulfonamides is 1. The fourth-order valence-electron chi connectivity index (χ4n) is 2.82. The van der Waals surface area contributed by atoms with Gasteiger partial charge in [0.05, 0.1) is 11.5 Å². The van der Waals surface area contributed by atoms with Crippen LogP contribution in [0.5, 0.6) is 0 Å². The summed E-state index contributed by atoms with van der Waals surface area (Å²) in [6.07, 6.45) is 4.92. The highest BCUT2D eigenvalue weighted by atomic mass is 79.9. The molecule has 0 bridgehead atoms. The Balaban J connectivity index is 2.36. The van der Waals surface area contributed by atoms with Crippen molar-refractivity contribution in [2.45, 2.75) is 43.0 Å². The van der Waals surface area contributed by atoms with Crippen molar-refractivity contribution < 1.29 is 13.5 Å². The summed E-state index contributed by atoms with van der Waals surface area (Å²) in [5, 5.41) is 9.25. The van der Waals surface area contributed by atoms with Crippen molar-refractivity contribution in [1.82, 2.24) is 4.31 Å². The molecule has 0 atom stereocenters. The van der Waals surface area contributed by atoms with E-state index in [9.17, 15) is 13.5 Å². The van der Waals surface area contributed by atoms with Gasteiger partial charge in [-0.3, -0.25) is 0 Å².